The van der Waals surface area contributed by atoms with Crippen LogP contribution in [0.15, 0.2) is 94.3 Å². The zero-order chi connectivity index (χ0) is 28.4. The van der Waals surface area contributed by atoms with Gasteiger partial charge in [0.05, 0.1) is 34.3 Å². The molecule has 0 aliphatic carbocycles. The lowest BCUT2D eigenvalue weighted by Crippen LogP contribution is -2.18. The number of amides is 1. The largest absolute Gasteiger partial charge is 0.495 e. The minimum atomic E-state index is -4.33. The number of halogens is 3. The van der Waals surface area contributed by atoms with Crippen LogP contribution in [0.25, 0.3) is 23.2 Å². The number of rotatable bonds is 7. The third-order valence-corrected chi connectivity index (χ3v) is 8.39. The molecular weight excluding hydrogens is 621 g/mol. The number of fused-ring (bicyclic) bond motifs is 1. The molecule has 0 atom stereocenters. The molecule has 1 amide bonds. The van der Waals surface area contributed by atoms with Crippen LogP contribution in [0, 0.1) is 5.82 Å². The Morgan fingerprint density at radius 3 is 2.60 bits per heavy atom. The fourth-order valence-electron chi connectivity index (χ4n) is 4.07. The molecule has 5 aromatic rings. The molecule has 1 N–H and O–H groups in total. The van der Waals surface area contributed by atoms with Crippen LogP contribution in [-0.2, 0) is 10.0 Å². The SMILES string of the molecule is COc1ccc(Cl)cc1NC(=O)c1cc(S(=O)(=O)n2c(C=Cc3cccc(Br)c3)nc3ccccc32)ccc1F. The van der Waals surface area contributed by atoms with Crippen LogP contribution in [0.1, 0.15) is 21.7 Å². The molecule has 0 radical (unpaired) electrons. The summed E-state index contributed by atoms with van der Waals surface area (Å²) in [5.74, 6) is -1.34. The van der Waals surface area contributed by atoms with Crippen LogP contribution in [-0.4, -0.2) is 30.4 Å². The Balaban J connectivity index is 1.58. The van der Waals surface area contributed by atoms with Crippen LogP contribution in [0.4, 0.5) is 10.1 Å². The highest BCUT2D eigenvalue weighted by Gasteiger charge is 2.26. The van der Waals surface area contributed by atoms with E-state index in [1.807, 2.05) is 24.3 Å². The van der Waals surface area contributed by atoms with Gasteiger partial charge >= 0.3 is 0 Å². The number of imidazole rings is 1. The van der Waals surface area contributed by atoms with Crippen molar-refractivity contribution in [3.8, 4) is 5.75 Å². The van der Waals surface area contributed by atoms with Crippen LogP contribution < -0.4 is 10.1 Å². The third kappa shape index (κ3) is 5.51. The lowest BCUT2D eigenvalue weighted by Gasteiger charge is -2.13. The zero-order valence-corrected chi connectivity index (χ0v) is 24.0. The molecule has 11 heteroatoms. The highest BCUT2D eigenvalue weighted by Crippen LogP contribution is 2.30. The molecule has 0 fully saturated rings. The molecule has 0 unspecified atom stereocenters. The van der Waals surface area contributed by atoms with Crippen LogP contribution in [0.5, 0.6) is 5.75 Å². The van der Waals surface area contributed by atoms with Crippen molar-refractivity contribution in [2.24, 2.45) is 0 Å². The maximum atomic E-state index is 14.8. The minimum absolute atomic E-state index is 0.139. The predicted octanol–water partition coefficient (Wildman–Crippen LogP) is 7.26. The molecule has 0 saturated heterocycles. The van der Waals surface area contributed by atoms with Crippen molar-refractivity contribution < 1.29 is 22.3 Å². The summed E-state index contributed by atoms with van der Waals surface area (Å²) in [5.41, 5.74) is 1.33. The smallest absolute Gasteiger partial charge is 0.269 e. The number of benzene rings is 4. The monoisotopic (exact) mass is 639 g/mol. The number of anilines is 1. The topological polar surface area (TPSA) is 90.3 Å². The van der Waals surface area contributed by atoms with Crippen molar-refractivity contribution in [1.82, 2.24) is 8.96 Å². The summed E-state index contributed by atoms with van der Waals surface area (Å²) in [5, 5.41) is 2.86. The number of hydrogen-bond acceptors (Lipinski definition) is 5. The van der Waals surface area contributed by atoms with Gasteiger partial charge in [-0.05, 0) is 72.3 Å². The van der Waals surface area contributed by atoms with E-state index in [1.54, 1.807) is 48.6 Å². The number of ether oxygens (including phenoxy) is 1. The van der Waals surface area contributed by atoms with Gasteiger partial charge in [0.2, 0.25) is 0 Å². The number of hydrogen-bond donors (Lipinski definition) is 1. The lowest BCUT2D eigenvalue weighted by atomic mass is 10.2. The van der Waals surface area contributed by atoms with Crippen LogP contribution >= 0.6 is 27.5 Å². The lowest BCUT2D eigenvalue weighted by molar-refractivity contribution is 0.102. The highest BCUT2D eigenvalue weighted by atomic mass is 79.9. The number of para-hydroxylation sites is 2. The Kier molecular flexibility index (Phi) is 7.75. The molecule has 0 spiro atoms. The van der Waals surface area contributed by atoms with Gasteiger partial charge in [-0.15, -0.1) is 0 Å². The summed E-state index contributed by atoms with van der Waals surface area (Å²) in [6.07, 6.45) is 3.32. The number of methoxy groups -OCH3 is 1. The maximum Gasteiger partial charge on any atom is 0.269 e. The molecule has 202 valence electrons. The van der Waals surface area contributed by atoms with E-state index in [4.69, 9.17) is 16.3 Å². The molecule has 7 nitrogen and oxygen atoms in total. The summed E-state index contributed by atoms with van der Waals surface area (Å²) >= 11 is 9.46. The first kappa shape index (κ1) is 27.6. The first-order chi connectivity index (χ1) is 19.2. The van der Waals surface area contributed by atoms with E-state index in [-0.39, 0.29) is 16.4 Å². The average Bonchev–Trinajstić information content (AvgIpc) is 3.31. The molecule has 1 heterocycles. The van der Waals surface area contributed by atoms with Crippen molar-refractivity contribution in [2.75, 3.05) is 12.4 Å². The maximum absolute atomic E-state index is 14.8. The predicted molar refractivity (Wildman–Crippen MR) is 158 cm³/mol. The zero-order valence-electron chi connectivity index (χ0n) is 20.8. The molecule has 0 aliphatic rings. The normalized spacial score (nSPS) is 11.7. The van der Waals surface area contributed by atoms with E-state index in [1.165, 1.54) is 13.2 Å². The summed E-state index contributed by atoms with van der Waals surface area (Å²) in [4.78, 5) is 17.3. The summed E-state index contributed by atoms with van der Waals surface area (Å²) in [7, 11) is -2.92. The summed E-state index contributed by atoms with van der Waals surface area (Å²) in [6.45, 7) is 0. The second-order valence-corrected chi connectivity index (χ2v) is 11.7. The standard InChI is InChI=1S/C29H20BrClFN3O4S/c1-39-27-13-10-20(31)16-25(27)34-29(36)22-17-21(11-12-23(22)32)40(37,38)35-26-8-3-2-7-24(26)33-28(35)14-9-18-5-4-6-19(30)15-18/h2-17H,1H3,(H,34,36). The second-order valence-electron chi connectivity index (χ2n) is 8.56. The van der Waals surface area contributed by atoms with Crippen molar-refractivity contribution in [1.29, 1.82) is 0 Å². The molecular formula is C29H20BrClFN3O4S. The van der Waals surface area contributed by atoms with E-state index in [0.29, 0.717) is 21.8 Å². The number of nitrogens with zero attached hydrogens (tertiary/aromatic N) is 2. The number of aromatic nitrogens is 2. The van der Waals surface area contributed by atoms with Crippen molar-refractivity contribution >= 4 is 72.3 Å². The van der Waals surface area contributed by atoms with Crippen molar-refractivity contribution in [3.63, 3.8) is 0 Å². The second kappa shape index (κ2) is 11.2. The van der Waals surface area contributed by atoms with E-state index in [9.17, 15) is 17.6 Å². The molecule has 4 aromatic carbocycles. The molecule has 0 bridgehead atoms. The van der Waals surface area contributed by atoms with Gasteiger partial charge in [0.1, 0.15) is 17.4 Å². The van der Waals surface area contributed by atoms with E-state index in [0.717, 1.165) is 32.2 Å². The van der Waals surface area contributed by atoms with Gasteiger partial charge in [-0.1, -0.05) is 57.9 Å². The Bertz CT molecular complexity index is 1910. The Hall–Kier alpha value is -3.99. The van der Waals surface area contributed by atoms with E-state index in [2.05, 4.69) is 26.2 Å². The third-order valence-electron chi connectivity index (χ3n) is 5.95. The molecule has 1 aromatic heterocycles. The highest BCUT2D eigenvalue weighted by molar-refractivity contribution is 9.10. The molecule has 0 saturated carbocycles. The average molecular weight is 641 g/mol. The van der Waals surface area contributed by atoms with Gasteiger partial charge in [0.15, 0.2) is 0 Å². The van der Waals surface area contributed by atoms with Gasteiger partial charge < -0.3 is 10.1 Å². The molecule has 40 heavy (non-hydrogen) atoms. The Labute approximate surface area is 243 Å². The summed E-state index contributed by atoms with van der Waals surface area (Å²) < 4.78 is 50.0. The van der Waals surface area contributed by atoms with Crippen molar-refractivity contribution in [2.45, 2.75) is 4.90 Å². The van der Waals surface area contributed by atoms with Gasteiger partial charge in [-0.3, -0.25) is 4.79 Å². The summed E-state index contributed by atoms with van der Waals surface area (Å²) in [6, 6.07) is 21.8. The Morgan fingerprint density at radius 1 is 1.02 bits per heavy atom. The van der Waals surface area contributed by atoms with Gasteiger partial charge in [0, 0.05) is 9.50 Å². The van der Waals surface area contributed by atoms with Crippen molar-refractivity contribution in [3.05, 3.63) is 117 Å². The first-order valence-corrected chi connectivity index (χ1v) is 14.4. The van der Waals surface area contributed by atoms with Gasteiger partial charge in [0.25, 0.3) is 15.9 Å². The molecule has 0 aliphatic heterocycles. The number of carbonyl (C=O) groups is 1. The van der Waals surface area contributed by atoms with Crippen LogP contribution in [0.2, 0.25) is 5.02 Å². The quantitative estimate of drug-likeness (QED) is 0.202. The first-order valence-electron chi connectivity index (χ1n) is 11.8. The Morgan fingerprint density at radius 2 is 1.82 bits per heavy atom. The van der Waals surface area contributed by atoms with E-state index < -0.39 is 27.3 Å². The van der Waals surface area contributed by atoms with Gasteiger partial charge in [-0.25, -0.2) is 21.8 Å². The molecule has 5 rings (SSSR count). The fourth-order valence-corrected chi connectivity index (χ4v) is 6.14. The van der Waals surface area contributed by atoms with Crippen LogP contribution in [0.3, 0.4) is 0 Å². The van der Waals surface area contributed by atoms with Gasteiger partial charge in [-0.2, -0.15) is 0 Å². The fraction of sp³-hybridized carbons (Fsp3) is 0.0345. The van der Waals surface area contributed by atoms with E-state index >= 15 is 0 Å². The number of nitrogens with one attached hydrogen (secondary N) is 1. The minimum Gasteiger partial charge on any atom is -0.495 e. The number of carbonyl (C=O) groups excluding carboxylic acids is 1.